The molecule has 1 aliphatic rings. The summed E-state index contributed by atoms with van der Waals surface area (Å²) in [4.78, 5) is 26.1. The number of carbonyl (C=O) groups excluding carboxylic acids is 2. The van der Waals surface area contributed by atoms with Gasteiger partial charge in [0.15, 0.2) is 0 Å². The van der Waals surface area contributed by atoms with Crippen LogP contribution in [0.1, 0.15) is 19.5 Å². The number of amides is 2. The quantitative estimate of drug-likeness (QED) is 0.764. The summed E-state index contributed by atoms with van der Waals surface area (Å²) < 4.78 is 1.94. The lowest BCUT2D eigenvalue weighted by atomic mass is 10.3. The number of halogens is 1. The SMILES string of the molecule is CC(C)N1C(=O)S/C(=C/c2cccn2-c2ccc(Cl)cc2)C1=O. The average Bonchev–Trinajstić information content (AvgIpc) is 3.05. The van der Waals surface area contributed by atoms with Crippen molar-refractivity contribution >= 4 is 40.6 Å². The number of hydrogen-bond acceptors (Lipinski definition) is 3. The molecular weight excluding hydrogens is 332 g/mol. The molecule has 1 aliphatic heterocycles. The summed E-state index contributed by atoms with van der Waals surface area (Å²) in [6, 6.07) is 11.1. The minimum atomic E-state index is -0.237. The first-order chi connectivity index (χ1) is 11.0. The van der Waals surface area contributed by atoms with Crippen molar-refractivity contribution in [1.29, 1.82) is 0 Å². The van der Waals surface area contributed by atoms with Crippen molar-refractivity contribution in [3.63, 3.8) is 0 Å². The molecule has 3 rings (SSSR count). The summed E-state index contributed by atoms with van der Waals surface area (Å²) in [6.07, 6.45) is 3.66. The van der Waals surface area contributed by atoms with Gasteiger partial charge >= 0.3 is 0 Å². The van der Waals surface area contributed by atoms with Crippen LogP contribution in [-0.4, -0.2) is 26.7 Å². The number of imide groups is 1. The maximum absolute atomic E-state index is 12.4. The lowest BCUT2D eigenvalue weighted by Crippen LogP contribution is -2.34. The lowest BCUT2D eigenvalue weighted by Gasteiger charge is -2.16. The van der Waals surface area contributed by atoms with Gasteiger partial charge in [0.2, 0.25) is 0 Å². The Morgan fingerprint density at radius 2 is 1.83 bits per heavy atom. The van der Waals surface area contributed by atoms with Gasteiger partial charge < -0.3 is 4.57 Å². The number of aromatic nitrogens is 1. The second kappa shape index (κ2) is 6.26. The molecule has 6 heteroatoms. The minimum absolute atomic E-state index is 0.142. The highest BCUT2D eigenvalue weighted by atomic mass is 35.5. The molecule has 1 fully saturated rings. The van der Waals surface area contributed by atoms with Gasteiger partial charge in [0.25, 0.3) is 11.1 Å². The molecule has 1 aromatic heterocycles. The zero-order valence-electron chi connectivity index (χ0n) is 12.7. The molecule has 0 bridgehead atoms. The van der Waals surface area contributed by atoms with Crippen LogP contribution in [0.5, 0.6) is 0 Å². The van der Waals surface area contributed by atoms with Gasteiger partial charge in [0, 0.05) is 28.6 Å². The van der Waals surface area contributed by atoms with Crippen LogP contribution < -0.4 is 0 Å². The summed E-state index contributed by atoms with van der Waals surface area (Å²) in [5, 5.41) is 0.446. The zero-order valence-corrected chi connectivity index (χ0v) is 14.3. The van der Waals surface area contributed by atoms with Crippen LogP contribution in [0.2, 0.25) is 5.02 Å². The fourth-order valence-corrected chi connectivity index (χ4v) is 3.48. The topological polar surface area (TPSA) is 42.3 Å². The molecule has 1 saturated heterocycles. The standard InChI is InChI=1S/C17H15ClN2O2S/c1-11(2)20-16(21)15(23-17(20)22)10-14-4-3-9-19(14)13-7-5-12(18)6-8-13/h3-11H,1-2H3/b15-10+. The Morgan fingerprint density at radius 3 is 2.43 bits per heavy atom. The highest BCUT2D eigenvalue weighted by Gasteiger charge is 2.36. The van der Waals surface area contributed by atoms with Crippen LogP contribution in [0, 0.1) is 0 Å². The van der Waals surface area contributed by atoms with E-state index in [2.05, 4.69) is 0 Å². The molecule has 0 unspecified atom stereocenters. The first kappa shape index (κ1) is 15.9. The van der Waals surface area contributed by atoms with Gasteiger partial charge in [-0.25, -0.2) is 0 Å². The molecule has 0 spiro atoms. The Labute approximate surface area is 143 Å². The molecule has 2 amide bonds. The van der Waals surface area contributed by atoms with E-state index in [0.29, 0.717) is 9.93 Å². The Bertz CT molecular complexity index is 793. The van der Waals surface area contributed by atoms with E-state index in [4.69, 9.17) is 11.6 Å². The highest BCUT2D eigenvalue weighted by molar-refractivity contribution is 8.18. The second-order valence-corrected chi connectivity index (χ2v) is 6.85. The number of hydrogen-bond donors (Lipinski definition) is 0. The van der Waals surface area contributed by atoms with Crippen LogP contribution in [0.4, 0.5) is 4.79 Å². The van der Waals surface area contributed by atoms with Crippen molar-refractivity contribution < 1.29 is 9.59 Å². The molecule has 4 nitrogen and oxygen atoms in total. The lowest BCUT2D eigenvalue weighted by molar-refractivity contribution is -0.123. The monoisotopic (exact) mass is 346 g/mol. The van der Waals surface area contributed by atoms with Crippen molar-refractivity contribution in [2.75, 3.05) is 0 Å². The summed E-state index contributed by atoms with van der Waals surface area (Å²) in [7, 11) is 0. The first-order valence-corrected chi connectivity index (χ1v) is 8.37. The molecule has 2 heterocycles. The molecule has 1 aromatic carbocycles. The fourth-order valence-electron chi connectivity index (χ4n) is 2.41. The Kier molecular flexibility index (Phi) is 4.33. The van der Waals surface area contributed by atoms with E-state index in [1.54, 1.807) is 6.08 Å². The zero-order chi connectivity index (χ0) is 16.6. The number of carbonyl (C=O) groups is 2. The van der Waals surface area contributed by atoms with E-state index < -0.39 is 0 Å². The summed E-state index contributed by atoms with van der Waals surface area (Å²) in [5.41, 5.74) is 1.77. The van der Waals surface area contributed by atoms with Gasteiger partial charge in [0.1, 0.15) is 0 Å². The smallest absolute Gasteiger partial charge is 0.293 e. The molecular formula is C17H15ClN2O2S. The third kappa shape index (κ3) is 3.07. The van der Waals surface area contributed by atoms with Crippen LogP contribution >= 0.6 is 23.4 Å². The van der Waals surface area contributed by atoms with E-state index in [1.807, 2.05) is 61.0 Å². The Balaban J connectivity index is 1.96. The van der Waals surface area contributed by atoms with Crippen LogP contribution in [0.15, 0.2) is 47.5 Å². The molecule has 0 atom stereocenters. The fraction of sp³-hybridized carbons (Fsp3) is 0.176. The predicted molar refractivity (Wildman–Crippen MR) is 93.7 cm³/mol. The highest BCUT2D eigenvalue weighted by Crippen LogP contribution is 2.33. The van der Waals surface area contributed by atoms with Gasteiger partial charge in [-0.05, 0) is 68.1 Å². The van der Waals surface area contributed by atoms with Gasteiger partial charge in [-0.15, -0.1) is 0 Å². The van der Waals surface area contributed by atoms with Crippen LogP contribution in [0.25, 0.3) is 11.8 Å². The second-order valence-electron chi connectivity index (χ2n) is 5.42. The molecule has 23 heavy (non-hydrogen) atoms. The average molecular weight is 347 g/mol. The molecule has 118 valence electrons. The summed E-state index contributed by atoms with van der Waals surface area (Å²) >= 11 is 6.90. The Morgan fingerprint density at radius 1 is 1.13 bits per heavy atom. The van der Waals surface area contributed by atoms with Crippen molar-refractivity contribution in [1.82, 2.24) is 9.47 Å². The van der Waals surface area contributed by atoms with Gasteiger partial charge in [-0.2, -0.15) is 0 Å². The van der Waals surface area contributed by atoms with Crippen molar-refractivity contribution in [3.8, 4) is 5.69 Å². The van der Waals surface area contributed by atoms with Gasteiger partial charge in [0.05, 0.1) is 4.91 Å². The number of rotatable bonds is 3. The Hall–Kier alpha value is -1.98. The van der Waals surface area contributed by atoms with E-state index in [1.165, 1.54) is 4.90 Å². The van der Waals surface area contributed by atoms with E-state index in [9.17, 15) is 9.59 Å². The normalized spacial score (nSPS) is 16.9. The molecule has 0 saturated carbocycles. The van der Waals surface area contributed by atoms with Crippen molar-refractivity contribution in [2.24, 2.45) is 0 Å². The maximum atomic E-state index is 12.4. The van der Waals surface area contributed by atoms with E-state index >= 15 is 0 Å². The van der Waals surface area contributed by atoms with Gasteiger partial charge in [-0.3, -0.25) is 14.5 Å². The first-order valence-electron chi connectivity index (χ1n) is 7.18. The number of benzene rings is 1. The third-order valence-electron chi connectivity index (χ3n) is 3.50. The summed E-state index contributed by atoms with van der Waals surface area (Å²) in [6.45, 7) is 3.66. The van der Waals surface area contributed by atoms with Crippen LogP contribution in [0.3, 0.4) is 0 Å². The van der Waals surface area contributed by atoms with E-state index in [-0.39, 0.29) is 17.2 Å². The third-order valence-corrected chi connectivity index (χ3v) is 4.64. The number of nitrogens with zero attached hydrogens (tertiary/aromatic N) is 2. The van der Waals surface area contributed by atoms with Crippen molar-refractivity contribution in [2.45, 2.75) is 19.9 Å². The predicted octanol–water partition coefficient (Wildman–Crippen LogP) is 4.58. The number of thioether (sulfide) groups is 1. The largest absolute Gasteiger partial charge is 0.317 e. The summed E-state index contributed by atoms with van der Waals surface area (Å²) in [5.74, 6) is -0.237. The van der Waals surface area contributed by atoms with Crippen LogP contribution in [-0.2, 0) is 4.79 Å². The molecule has 0 aliphatic carbocycles. The minimum Gasteiger partial charge on any atom is -0.317 e. The van der Waals surface area contributed by atoms with E-state index in [0.717, 1.165) is 23.1 Å². The van der Waals surface area contributed by atoms with Crippen molar-refractivity contribution in [3.05, 3.63) is 58.2 Å². The maximum Gasteiger partial charge on any atom is 0.293 e. The molecule has 2 aromatic rings. The van der Waals surface area contributed by atoms with Gasteiger partial charge in [-0.1, -0.05) is 11.6 Å². The molecule has 0 radical (unpaired) electrons. The molecule has 0 N–H and O–H groups in total.